The topological polar surface area (TPSA) is 26.3 Å². The zero-order chi connectivity index (χ0) is 18.1. The van der Waals surface area contributed by atoms with E-state index >= 15 is 0 Å². The summed E-state index contributed by atoms with van der Waals surface area (Å²) in [7, 11) is 0. The summed E-state index contributed by atoms with van der Waals surface area (Å²) >= 11 is 5.27. The molecule has 0 atom stereocenters. The summed E-state index contributed by atoms with van der Waals surface area (Å²) in [5.74, 6) is -0.634. The molecule has 0 bridgehead atoms. The van der Waals surface area contributed by atoms with Crippen LogP contribution in [0.4, 0.5) is 26.3 Å². The first-order valence-corrected chi connectivity index (χ1v) is 6.63. The molecule has 0 aliphatic heterocycles. The van der Waals surface area contributed by atoms with Crippen LogP contribution in [0.1, 0.15) is 15.9 Å². The third kappa shape index (κ3) is 4.19. The van der Waals surface area contributed by atoms with Gasteiger partial charge in [0, 0.05) is 0 Å². The van der Waals surface area contributed by atoms with E-state index in [0.717, 1.165) is 30.3 Å². The molecule has 2 rings (SSSR count). The maximum atomic E-state index is 13.0. The highest BCUT2D eigenvalue weighted by Crippen LogP contribution is 2.38. The molecule has 24 heavy (non-hydrogen) atoms. The quantitative estimate of drug-likeness (QED) is 0.517. The minimum atomic E-state index is -4.96. The summed E-state index contributed by atoms with van der Waals surface area (Å²) in [6.07, 6.45) is -9.81. The minimum Gasteiger partial charge on any atom is -0.406 e. The van der Waals surface area contributed by atoms with E-state index in [-0.39, 0.29) is 11.1 Å². The lowest BCUT2D eigenvalue weighted by Gasteiger charge is -2.15. The molecule has 0 fully saturated rings. The van der Waals surface area contributed by atoms with E-state index in [1.54, 1.807) is 0 Å². The highest BCUT2D eigenvalue weighted by atomic mass is 35.5. The van der Waals surface area contributed by atoms with Crippen molar-refractivity contribution in [3.8, 4) is 16.9 Å². The molecule has 0 aliphatic carbocycles. The lowest BCUT2D eigenvalue weighted by atomic mass is 9.95. The average molecular weight is 369 g/mol. The van der Waals surface area contributed by atoms with Gasteiger partial charge in [0.25, 0.3) is 5.24 Å². The Labute approximate surface area is 136 Å². The molecule has 0 radical (unpaired) electrons. The summed E-state index contributed by atoms with van der Waals surface area (Å²) in [5, 5.41) is -1.37. The zero-order valence-electron chi connectivity index (χ0n) is 11.5. The molecule has 2 aromatic carbocycles. The molecule has 0 unspecified atom stereocenters. The fourth-order valence-electron chi connectivity index (χ4n) is 2.10. The molecule has 0 amide bonds. The summed E-state index contributed by atoms with van der Waals surface area (Å²) in [5.41, 5.74) is -2.44. The van der Waals surface area contributed by atoms with Crippen molar-refractivity contribution in [3.63, 3.8) is 0 Å². The van der Waals surface area contributed by atoms with Crippen molar-refractivity contribution in [2.45, 2.75) is 12.5 Å². The normalized spacial score (nSPS) is 12.1. The van der Waals surface area contributed by atoms with E-state index < -0.39 is 34.7 Å². The van der Waals surface area contributed by atoms with Crippen molar-refractivity contribution >= 4 is 16.8 Å². The number of hydrogen-bond donors (Lipinski definition) is 0. The second kappa shape index (κ2) is 6.35. The van der Waals surface area contributed by atoms with Gasteiger partial charge < -0.3 is 4.74 Å². The second-order valence-electron chi connectivity index (χ2n) is 4.58. The number of halogens is 7. The maximum Gasteiger partial charge on any atom is 0.573 e. The molecule has 0 saturated heterocycles. The van der Waals surface area contributed by atoms with Gasteiger partial charge in [-0.3, -0.25) is 4.79 Å². The molecule has 0 spiro atoms. The lowest BCUT2D eigenvalue weighted by molar-refractivity contribution is -0.274. The summed E-state index contributed by atoms with van der Waals surface area (Å²) < 4.78 is 79.6. The number of carbonyl (C=O) groups excluding carboxylic acids is 1. The van der Waals surface area contributed by atoms with Crippen LogP contribution in [0, 0.1) is 0 Å². The molecular weight excluding hydrogens is 362 g/mol. The van der Waals surface area contributed by atoms with Gasteiger partial charge in [0.2, 0.25) is 0 Å². The number of ether oxygens (including phenoxy) is 1. The van der Waals surface area contributed by atoms with Crippen molar-refractivity contribution in [1.82, 2.24) is 0 Å². The summed E-state index contributed by atoms with van der Waals surface area (Å²) in [4.78, 5) is 11.5. The molecular formula is C15H7ClF6O2. The first kappa shape index (κ1) is 18.1. The Bertz CT molecular complexity index is 767. The van der Waals surface area contributed by atoms with Crippen molar-refractivity contribution in [2.24, 2.45) is 0 Å². The summed E-state index contributed by atoms with van der Waals surface area (Å²) in [6.45, 7) is 0. The molecule has 0 aliphatic rings. The van der Waals surface area contributed by atoms with E-state index in [0.29, 0.717) is 6.07 Å². The molecule has 2 nitrogen and oxygen atoms in total. The Morgan fingerprint density at radius 1 is 0.958 bits per heavy atom. The first-order chi connectivity index (χ1) is 11.0. The van der Waals surface area contributed by atoms with Crippen LogP contribution < -0.4 is 4.74 Å². The number of hydrogen-bond acceptors (Lipinski definition) is 2. The van der Waals surface area contributed by atoms with Crippen molar-refractivity contribution in [2.75, 3.05) is 0 Å². The standard InChI is InChI=1S/C15H7ClF6O2/c16-13(23)12-10(5-2-6-11(12)14(17,18)19)8-3-1-4-9(7-8)24-15(20,21)22/h1-7H. The van der Waals surface area contributed by atoms with Crippen LogP contribution in [0.25, 0.3) is 11.1 Å². The first-order valence-electron chi connectivity index (χ1n) is 6.25. The van der Waals surface area contributed by atoms with Gasteiger partial charge in [0.05, 0.1) is 11.1 Å². The van der Waals surface area contributed by atoms with Gasteiger partial charge >= 0.3 is 12.5 Å². The Kier molecular flexibility index (Phi) is 4.80. The lowest BCUT2D eigenvalue weighted by Crippen LogP contribution is -2.17. The fourth-order valence-corrected chi connectivity index (χ4v) is 2.31. The van der Waals surface area contributed by atoms with Crippen LogP contribution in [0.15, 0.2) is 42.5 Å². The zero-order valence-corrected chi connectivity index (χ0v) is 12.3. The van der Waals surface area contributed by atoms with Crippen molar-refractivity contribution in [1.29, 1.82) is 0 Å². The molecule has 2 aromatic rings. The van der Waals surface area contributed by atoms with Gasteiger partial charge in [0.1, 0.15) is 5.75 Å². The average Bonchev–Trinajstić information content (AvgIpc) is 2.44. The van der Waals surface area contributed by atoms with Gasteiger partial charge in [-0.25, -0.2) is 0 Å². The summed E-state index contributed by atoms with van der Waals surface area (Å²) in [6, 6.07) is 7.08. The SMILES string of the molecule is O=C(Cl)c1c(-c2cccc(OC(F)(F)F)c2)cccc1C(F)(F)F. The Morgan fingerprint density at radius 2 is 1.58 bits per heavy atom. The highest BCUT2D eigenvalue weighted by Gasteiger charge is 2.36. The molecule has 9 heteroatoms. The van der Waals surface area contributed by atoms with E-state index in [1.165, 1.54) is 6.07 Å². The van der Waals surface area contributed by atoms with Crippen LogP contribution in [-0.2, 0) is 6.18 Å². The number of benzene rings is 2. The molecule has 0 saturated carbocycles. The Balaban J connectivity index is 2.61. The van der Waals surface area contributed by atoms with Crippen LogP contribution in [0.3, 0.4) is 0 Å². The van der Waals surface area contributed by atoms with E-state index in [2.05, 4.69) is 4.74 Å². The molecule has 0 N–H and O–H groups in total. The third-order valence-electron chi connectivity index (χ3n) is 2.95. The van der Waals surface area contributed by atoms with Crippen molar-refractivity contribution in [3.05, 3.63) is 53.6 Å². The van der Waals surface area contributed by atoms with Crippen LogP contribution in [0.5, 0.6) is 5.75 Å². The van der Waals surface area contributed by atoms with Crippen LogP contribution in [-0.4, -0.2) is 11.6 Å². The number of rotatable bonds is 3. The fraction of sp³-hybridized carbons (Fsp3) is 0.133. The van der Waals surface area contributed by atoms with Crippen LogP contribution in [0.2, 0.25) is 0 Å². The smallest absolute Gasteiger partial charge is 0.406 e. The van der Waals surface area contributed by atoms with E-state index in [9.17, 15) is 31.1 Å². The molecule has 0 aromatic heterocycles. The van der Waals surface area contributed by atoms with Gasteiger partial charge in [-0.05, 0) is 40.9 Å². The van der Waals surface area contributed by atoms with Gasteiger partial charge in [-0.1, -0.05) is 24.3 Å². The minimum absolute atomic E-state index is 0.0770. The largest absolute Gasteiger partial charge is 0.573 e. The number of carbonyl (C=O) groups is 1. The van der Waals surface area contributed by atoms with E-state index in [1.807, 2.05) is 0 Å². The Morgan fingerprint density at radius 3 is 2.12 bits per heavy atom. The monoisotopic (exact) mass is 368 g/mol. The predicted molar refractivity (Wildman–Crippen MR) is 73.7 cm³/mol. The highest BCUT2D eigenvalue weighted by molar-refractivity contribution is 6.68. The van der Waals surface area contributed by atoms with Gasteiger partial charge in [-0.2, -0.15) is 13.2 Å². The molecule has 0 heterocycles. The molecule has 128 valence electrons. The Hall–Kier alpha value is -2.22. The third-order valence-corrected chi connectivity index (χ3v) is 3.13. The van der Waals surface area contributed by atoms with Crippen molar-refractivity contribution < 1.29 is 35.9 Å². The van der Waals surface area contributed by atoms with Gasteiger partial charge in [0.15, 0.2) is 0 Å². The van der Waals surface area contributed by atoms with E-state index in [4.69, 9.17) is 11.6 Å². The predicted octanol–water partition coefficient (Wildman–Crippen LogP) is 5.65. The van der Waals surface area contributed by atoms with Gasteiger partial charge in [-0.15, -0.1) is 13.2 Å². The maximum absolute atomic E-state index is 13.0. The van der Waals surface area contributed by atoms with Crippen LogP contribution >= 0.6 is 11.6 Å². The second-order valence-corrected chi connectivity index (χ2v) is 4.92. The number of alkyl halides is 6.